The summed E-state index contributed by atoms with van der Waals surface area (Å²) in [7, 11) is 0. The van der Waals surface area contributed by atoms with Crippen LogP contribution in [-0.2, 0) is 9.53 Å². The highest BCUT2D eigenvalue weighted by Crippen LogP contribution is 2.19. The molecule has 0 aromatic carbocycles. The van der Waals surface area contributed by atoms with Crippen molar-refractivity contribution in [3.05, 3.63) is 18.3 Å². The fourth-order valence-corrected chi connectivity index (χ4v) is 2.37. The Morgan fingerprint density at radius 1 is 1.45 bits per heavy atom. The van der Waals surface area contributed by atoms with Crippen LogP contribution in [0.4, 0.5) is 11.5 Å². The average molecular weight is 278 g/mol. The molecule has 110 valence electrons. The summed E-state index contributed by atoms with van der Waals surface area (Å²) in [6, 6.07) is 3.78. The summed E-state index contributed by atoms with van der Waals surface area (Å²) in [6.07, 6.45) is 2.39. The minimum absolute atomic E-state index is 0.0873. The van der Waals surface area contributed by atoms with E-state index in [4.69, 9.17) is 10.5 Å². The lowest BCUT2D eigenvalue weighted by Gasteiger charge is -2.36. The minimum Gasteiger partial charge on any atom is -0.372 e. The van der Waals surface area contributed by atoms with Crippen LogP contribution in [0, 0.1) is 0 Å². The molecule has 1 saturated heterocycles. The van der Waals surface area contributed by atoms with E-state index in [0.29, 0.717) is 18.7 Å². The van der Waals surface area contributed by atoms with Crippen molar-refractivity contribution < 1.29 is 9.53 Å². The first-order chi connectivity index (χ1) is 9.58. The number of nitrogens with two attached hydrogens (primary N) is 1. The maximum Gasteiger partial charge on any atom is 0.225 e. The van der Waals surface area contributed by atoms with Crippen molar-refractivity contribution in [3.8, 4) is 0 Å². The Labute approximate surface area is 119 Å². The second-order valence-electron chi connectivity index (χ2n) is 5.15. The number of rotatable bonds is 4. The normalized spacial score (nSPS) is 22.6. The van der Waals surface area contributed by atoms with Crippen LogP contribution in [-0.4, -0.2) is 42.7 Å². The van der Waals surface area contributed by atoms with Crippen molar-refractivity contribution in [1.82, 2.24) is 4.98 Å². The Morgan fingerprint density at radius 2 is 2.15 bits per heavy atom. The van der Waals surface area contributed by atoms with Gasteiger partial charge in [0.05, 0.1) is 24.1 Å². The van der Waals surface area contributed by atoms with E-state index in [0.717, 1.165) is 18.9 Å². The molecule has 0 radical (unpaired) electrons. The third-order valence-corrected chi connectivity index (χ3v) is 3.15. The van der Waals surface area contributed by atoms with Crippen LogP contribution in [0.25, 0.3) is 0 Å². The van der Waals surface area contributed by atoms with Crippen molar-refractivity contribution in [2.24, 2.45) is 5.73 Å². The summed E-state index contributed by atoms with van der Waals surface area (Å²) in [4.78, 5) is 18.0. The summed E-state index contributed by atoms with van der Waals surface area (Å²) in [5.74, 6) is 0.819. The molecular formula is C14H22N4O2. The van der Waals surface area contributed by atoms with Crippen molar-refractivity contribution >= 4 is 17.4 Å². The van der Waals surface area contributed by atoms with Gasteiger partial charge in [0, 0.05) is 26.1 Å². The smallest absolute Gasteiger partial charge is 0.225 e. The van der Waals surface area contributed by atoms with Gasteiger partial charge in [-0.1, -0.05) is 0 Å². The topological polar surface area (TPSA) is 80.5 Å². The molecule has 1 fully saturated rings. The van der Waals surface area contributed by atoms with Crippen LogP contribution >= 0.6 is 0 Å². The number of anilines is 2. The van der Waals surface area contributed by atoms with Crippen molar-refractivity contribution in [1.29, 1.82) is 0 Å². The number of ether oxygens (including phenoxy) is 1. The van der Waals surface area contributed by atoms with Crippen molar-refractivity contribution in [2.45, 2.75) is 32.5 Å². The highest BCUT2D eigenvalue weighted by Gasteiger charge is 2.22. The number of morpholine rings is 1. The summed E-state index contributed by atoms with van der Waals surface area (Å²) in [5.41, 5.74) is 6.03. The molecular weight excluding hydrogens is 256 g/mol. The number of hydrogen-bond acceptors (Lipinski definition) is 5. The second kappa shape index (κ2) is 6.67. The molecule has 6 heteroatoms. The zero-order valence-electron chi connectivity index (χ0n) is 12.0. The fraction of sp³-hybridized carbons (Fsp3) is 0.571. The van der Waals surface area contributed by atoms with Crippen LogP contribution in [0.2, 0.25) is 0 Å². The molecule has 2 heterocycles. The molecule has 0 saturated carbocycles. The molecule has 0 aliphatic carbocycles. The van der Waals surface area contributed by atoms with E-state index in [9.17, 15) is 4.79 Å². The Balaban J connectivity index is 1.99. The SMILES string of the molecule is CC1CN(c2ccc(NC(=O)CCN)cn2)CC(C)O1. The van der Waals surface area contributed by atoms with E-state index >= 15 is 0 Å². The van der Waals surface area contributed by atoms with Crippen LogP contribution in [0.3, 0.4) is 0 Å². The molecule has 1 aromatic rings. The van der Waals surface area contributed by atoms with Gasteiger partial charge in [-0.05, 0) is 26.0 Å². The van der Waals surface area contributed by atoms with Gasteiger partial charge in [-0.25, -0.2) is 4.98 Å². The molecule has 2 rings (SSSR count). The largest absolute Gasteiger partial charge is 0.372 e. The molecule has 2 unspecified atom stereocenters. The van der Waals surface area contributed by atoms with Crippen LogP contribution < -0.4 is 16.0 Å². The molecule has 3 N–H and O–H groups in total. The quantitative estimate of drug-likeness (QED) is 0.858. The monoisotopic (exact) mass is 278 g/mol. The van der Waals surface area contributed by atoms with E-state index in [1.807, 2.05) is 12.1 Å². The van der Waals surface area contributed by atoms with Crippen molar-refractivity contribution in [3.63, 3.8) is 0 Å². The van der Waals surface area contributed by atoms with E-state index in [2.05, 4.69) is 29.0 Å². The summed E-state index contributed by atoms with van der Waals surface area (Å²) >= 11 is 0. The van der Waals surface area contributed by atoms with Gasteiger partial charge in [0.2, 0.25) is 5.91 Å². The van der Waals surface area contributed by atoms with Crippen LogP contribution in [0.15, 0.2) is 18.3 Å². The average Bonchev–Trinajstić information content (AvgIpc) is 2.38. The predicted molar refractivity (Wildman–Crippen MR) is 78.8 cm³/mol. The lowest BCUT2D eigenvalue weighted by molar-refractivity contribution is -0.116. The number of carbonyl (C=O) groups excluding carboxylic acids is 1. The van der Waals surface area contributed by atoms with Gasteiger partial charge in [0.1, 0.15) is 5.82 Å². The number of nitrogens with one attached hydrogen (secondary N) is 1. The Bertz CT molecular complexity index is 439. The lowest BCUT2D eigenvalue weighted by atomic mass is 10.2. The molecule has 1 aliphatic rings. The first-order valence-corrected chi connectivity index (χ1v) is 6.95. The zero-order valence-corrected chi connectivity index (χ0v) is 12.0. The lowest BCUT2D eigenvalue weighted by Crippen LogP contribution is -2.45. The third-order valence-electron chi connectivity index (χ3n) is 3.15. The van der Waals surface area contributed by atoms with Gasteiger partial charge in [-0.15, -0.1) is 0 Å². The van der Waals surface area contributed by atoms with E-state index < -0.39 is 0 Å². The highest BCUT2D eigenvalue weighted by molar-refractivity contribution is 5.90. The van der Waals surface area contributed by atoms with Gasteiger partial charge in [0.25, 0.3) is 0 Å². The standard InChI is InChI=1S/C14H22N4O2/c1-10-8-18(9-11(2)20-10)13-4-3-12(7-16-13)17-14(19)5-6-15/h3-4,7,10-11H,5-6,8-9,15H2,1-2H3,(H,17,19). The molecule has 2 atom stereocenters. The summed E-state index contributed by atoms with van der Waals surface area (Å²) < 4.78 is 5.70. The first kappa shape index (κ1) is 14.7. The number of pyridine rings is 1. The predicted octanol–water partition coefficient (Wildman–Crippen LogP) is 0.982. The number of carbonyl (C=O) groups is 1. The maximum absolute atomic E-state index is 11.4. The summed E-state index contributed by atoms with van der Waals surface area (Å²) in [5, 5.41) is 2.77. The van der Waals surface area contributed by atoms with E-state index in [1.54, 1.807) is 6.20 Å². The van der Waals surface area contributed by atoms with Gasteiger partial charge in [-0.2, -0.15) is 0 Å². The molecule has 1 amide bonds. The number of nitrogens with zero attached hydrogens (tertiary/aromatic N) is 2. The molecule has 0 bridgehead atoms. The zero-order chi connectivity index (χ0) is 14.5. The summed E-state index contributed by atoms with van der Waals surface area (Å²) in [6.45, 7) is 6.13. The number of amides is 1. The van der Waals surface area contributed by atoms with E-state index in [-0.39, 0.29) is 18.1 Å². The Kier molecular flexibility index (Phi) is 4.92. The molecule has 1 aliphatic heterocycles. The maximum atomic E-state index is 11.4. The van der Waals surface area contributed by atoms with Crippen molar-refractivity contribution in [2.75, 3.05) is 29.9 Å². The van der Waals surface area contributed by atoms with Crippen LogP contribution in [0.1, 0.15) is 20.3 Å². The van der Waals surface area contributed by atoms with E-state index in [1.165, 1.54) is 0 Å². The van der Waals surface area contributed by atoms with Gasteiger partial charge >= 0.3 is 0 Å². The first-order valence-electron chi connectivity index (χ1n) is 6.95. The highest BCUT2D eigenvalue weighted by atomic mass is 16.5. The van der Waals surface area contributed by atoms with Gasteiger partial charge in [-0.3, -0.25) is 4.79 Å². The Morgan fingerprint density at radius 3 is 2.70 bits per heavy atom. The minimum atomic E-state index is -0.0873. The van der Waals surface area contributed by atoms with Gasteiger partial charge < -0.3 is 20.7 Å². The molecule has 1 aromatic heterocycles. The third kappa shape index (κ3) is 3.91. The molecule has 0 spiro atoms. The molecule has 20 heavy (non-hydrogen) atoms. The second-order valence-corrected chi connectivity index (χ2v) is 5.15. The molecule has 6 nitrogen and oxygen atoms in total. The number of hydrogen-bond donors (Lipinski definition) is 2. The fourth-order valence-electron chi connectivity index (χ4n) is 2.37. The van der Waals surface area contributed by atoms with Gasteiger partial charge in [0.15, 0.2) is 0 Å². The number of aromatic nitrogens is 1. The Hall–Kier alpha value is -1.66. The van der Waals surface area contributed by atoms with Crippen LogP contribution in [0.5, 0.6) is 0 Å².